The number of amides is 1. The number of pyridine rings is 1. The summed E-state index contributed by atoms with van der Waals surface area (Å²) in [7, 11) is 0. The van der Waals surface area contributed by atoms with Gasteiger partial charge in [-0.25, -0.2) is 8.78 Å². The van der Waals surface area contributed by atoms with Gasteiger partial charge in [0.05, 0.1) is 6.54 Å². The minimum atomic E-state index is -0.745. The van der Waals surface area contributed by atoms with Crippen molar-refractivity contribution in [3.8, 4) is 5.75 Å². The number of nitrogens with zero attached hydrogens (tertiary/aromatic N) is 2. The van der Waals surface area contributed by atoms with Crippen LogP contribution in [0.3, 0.4) is 0 Å². The number of aromatic nitrogens is 1. The molecule has 0 unspecified atom stereocenters. The number of fused-ring (bicyclic) bond motifs is 1. The molecule has 0 saturated heterocycles. The van der Waals surface area contributed by atoms with Crippen LogP contribution in [0, 0.1) is 11.6 Å². The van der Waals surface area contributed by atoms with E-state index in [4.69, 9.17) is 21.4 Å². The number of halogens is 3. The summed E-state index contributed by atoms with van der Waals surface area (Å²) in [5.41, 5.74) is 2.48. The van der Waals surface area contributed by atoms with E-state index in [1.807, 2.05) is 18.2 Å². The standard InChI is InChI=1S/C23H19ClF2N2O4/c24-22-20(32-13-16-3-4-18(25)8-19(16)26)5-6-27(23(22)31)9-14-1-2-15-10-28(21(30)12-29)11-17(15)7-14/h1-8,29H,9-13H2. The van der Waals surface area contributed by atoms with Crippen LogP contribution in [0.5, 0.6) is 5.75 Å². The number of ether oxygens (including phenoxy) is 1. The Morgan fingerprint density at radius 2 is 1.88 bits per heavy atom. The summed E-state index contributed by atoms with van der Waals surface area (Å²) in [6, 6.07) is 10.3. The van der Waals surface area contributed by atoms with E-state index in [0.29, 0.717) is 13.1 Å². The maximum absolute atomic E-state index is 13.8. The zero-order valence-corrected chi connectivity index (χ0v) is 17.6. The third kappa shape index (κ3) is 4.51. The summed E-state index contributed by atoms with van der Waals surface area (Å²) in [5, 5.41) is 8.90. The van der Waals surface area contributed by atoms with Crippen molar-refractivity contribution < 1.29 is 23.4 Å². The van der Waals surface area contributed by atoms with E-state index >= 15 is 0 Å². The molecule has 166 valence electrons. The number of aliphatic hydroxyl groups is 1. The molecule has 0 aliphatic carbocycles. The molecule has 2 aromatic carbocycles. The number of rotatable bonds is 6. The summed E-state index contributed by atoms with van der Waals surface area (Å²) in [6.07, 6.45) is 1.53. The lowest BCUT2D eigenvalue weighted by atomic mass is 10.1. The van der Waals surface area contributed by atoms with Crippen molar-refractivity contribution in [2.24, 2.45) is 0 Å². The van der Waals surface area contributed by atoms with Crippen LogP contribution >= 0.6 is 11.6 Å². The second-order valence-corrected chi connectivity index (χ2v) is 7.84. The average molecular weight is 461 g/mol. The van der Waals surface area contributed by atoms with Gasteiger partial charge < -0.3 is 19.3 Å². The van der Waals surface area contributed by atoms with Crippen molar-refractivity contribution in [2.45, 2.75) is 26.2 Å². The normalized spacial score (nSPS) is 12.7. The Hall–Kier alpha value is -3.23. The number of carbonyl (C=O) groups excluding carboxylic acids is 1. The first-order valence-corrected chi connectivity index (χ1v) is 10.2. The van der Waals surface area contributed by atoms with E-state index in [2.05, 4.69) is 0 Å². The van der Waals surface area contributed by atoms with Crippen molar-refractivity contribution in [3.63, 3.8) is 0 Å². The van der Waals surface area contributed by atoms with Crippen LogP contribution in [0.1, 0.15) is 22.3 Å². The number of carbonyl (C=O) groups is 1. The Labute approximate surface area is 187 Å². The van der Waals surface area contributed by atoms with Crippen molar-refractivity contribution in [1.82, 2.24) is 9.47 Å². The number of benzene rings is 2. The molecule has 0 radical (unpaired) electrons. The van der Waals surface area contributed by atoms with Gasteiger partial charge in [0.25, 0.3) is 5.56 Å². The van der Waals surface area contributed by atoms with Crippen LogP contribution in [0.15, 0.2) is 53.5 Å². The van der Waals surface area contributed by atoms with Crippen LogP contribution in [-0.2, 0) is 31.0 Å². The molecular formula is C23H19ClF2N2O4. The first-order chi connectivity index (χ1) is 15.4. The summed E-state index contributed by atoms with van der Waals surface area (Å²) in [4.78, 5) is 26.0. The summed E-state index contributed by atoms with van der Waals surface area (Å²) in [6.45, 7) is 0.374. The van der Waals surface area contributed by atoms with Crippen molar-refractivity contribution in [1.29, 1.82) is 0 Å². The highest BCUT2D eigenvalue weighted by atomic mass is 35.5. The zero-order valence-electron chi connectivity index (χ0n) is 16.9. The van der Waals surface area contributed by atoms with Gasteiger partial charge >= 0.3 is 0 Å². The average Bonchev–Trinajstić information content (AvgIpc) is 3.20. The molecule has 0 fully saturated rings. The Morgan fingerprint density at radius 1 is 1.09 bits per heavy atom. The molecule has 0 atom stereocenters. The fourth-order valence-electron chi connectivity index (χ4n) is 3.58. The highest BCUT2D eigenvalue weighted by Gasteiger charge is 2.23. The Kier molecular flexibility index (Phi) is 6.25. The third-order valence-corrected chi connectivity index (χ3v) is 5.65. The molecule has 4 rings (SSSR count). The molecule has 1 aliphatic rings. The molecule has 1 aliphatic heterocycles. The van der Waals surface area contributed by atoms with Crippen LogP contribution in [0.4, 0.5) is 8.78 Å². The topological polar surface area (TPSA) is 71.8 Å². The SMILES string of the molecule is O=C(CO)N1Cc2ccc(Cn3ccc(OCc4ccc(F)cc4F)c(Cl)c3=O)cc2C1. The lowest BCUT2D eigenvalue weighted by Crippen LogP contribution is -2.27. The van der Waals surface area contributed by atoms with E-state index in [1.165, 1.54) is 22.9 Å². The molecule has 3 aromatic rings. The predicted molar refractivity (Wildman–Crippen MR) is 113 cm³/mol. The minimum absolute atomic E-state index is 0.101. The van der Waals surface area contributed by atoms with Gasteiger partial charge in [0, 0.05) is 30.9 Å². The Balaban J connectivity index is 1.47. The number of aliphatic hydroxyl groups excluding tert-OH is 1. The molecule has 1 N–H and O–H groups in total. The van der Waals surface area contributed by atoms with Gasteiger partial charge in [0.2, 0.25) is 5.91 Å². The molecular weight excluding hydrogens is 442 g/mol. The van der Waals surface area contributed by atoms with Gasteiger partial charge in [0.15, 0.2) is 0 Å². The van der Waals surface area contributed by atoms with E-state index in [1.54, 1.807) is 4.90 Å². The van der Waals surface area contributed by atoms with Crippen LogP contribution in [0.25, 0.3) is 0 Å². The fraction of sp³-hybridized carbons (Fsp3) is 0.217. The van der Waals surface area contributed by atoms with Crippen molar-refractivity contribution in [3.05, 3.63) is 97.9 Å². The van der Waals surface area contributed by atoms with Gasteiger partial charge in [-0.2, -0.15) is 0 Å². The van der Waals surface area contributed by atoms with Crippen LogP contribution in [-0.4, -0.2) is 27.1 Å². The van der Waals surface area contributed by atoms with Crippen LogP contribution < -0.4 is 10.3 Å². The Morgan fingerprint density at radius 3 is 2.62 bits per heavy atom. The second kappa shape index (κ2) is 9.10. The molecule has 9 heteroatoms. The molecule has 0 spiro atoms. The number of hydrogen-bond acceptors (Lipinski definition) is 4. The first-order valence-electron chi connectivity index (χ1n) is 9.80. The van der Waals surface area contributed by atoms with Gasteiger partial charge in [-0.15, -0.1) is 0 Å². The van der Waals surface area contributed by atoms with Gasteiger partial charge in [0.1, 0.15) is 35.6 Å². The largest absolute Gasteiger partial charge is 0.487 e. The smallest absolute Gasteiger partial charge is 0.273 e. The van der Waals surface area contributed by atoms with Gasteiger partial charge in [-0.05, 0) is 34.9 Å². The number of hydrogen-bond donors (Lipinski definition) is 1. The highest BCUT2D eigenvalue weighted by molar-refractivity contribution is 6.31. The third-order valence-electron chi connectivity index (χ3n) is 5.30. The lowest BCUT2D eigenvalue weighted by molar-refractivity contribution is -0.134. The maximum atomic E-state index is 13.8. The fourth-order valence-corrected chi connectivity index (χ4v) is 3.81. The van der Waals surface area contributed by atoms with Gasteiger partial charge in [-0.1, -0.05) is 29.8 Å². The lowest BCUT2D eigenvalue weighted by Gasteiger charge is -2.13. The predicted octanol–water partition coefficient (Wildman–Crippen LogP) is 3.24. The molecule has 1 amide bonds. The van der Waals surface area contributed by atoms with Crippen molar-refractivity contribution in [2.75, 3.05) is 6.61 Å². The van der Waals surface area contributed by atoms with Crippen molar-refractivity contribution >= 4 is 17.5 Å². The second-order valence-electron chi connectivity index (χ2n) is 7.46. The molecule has 32 heavy (non-hydrogen) atoms. The summed E-state index contributed by atoms with van der Waals surface area (Å²) >= 11 is 6.18. The molecule has 2 heterocycles. The molecule has 0 saturated carbocycles. The maximum Gasteiger partial charge on any atom is 0.273 e. The first kappa shape index (κ1) is 22.0. The Bertz CT molecular complexity index is 1250. The highest BCUT2D eigenvalue weighted by Crippen LogP contribution is 2.25. The van der Waals surface area contributed by atoms with Gasteiger partial charge in [-0.3, -0.25) is 9.59 Å². The minimum Gasteiger partial charge on any atom is -0.487 e. The molecule has 0 bridgehead atoms. The summed E-state index contributed by atoms with van der Waals surface area (Å²) < 4.78 is 33.7. The van der Waals surface area contributed by atoms with E-state index < -0.39 is 23.8 Å². The zero-order chi connectivity index (χ0) is 22.8. The van der Waals surface area contributed by atoms with E-state index in [-0.39, 0.29) is 35.4 Å². The quantitative estimate of drug-likeness (QED) is 0.613. The van der Waals surface area contributed by atoms with E-state index in [0.717, 1.165) is 28.8 Å². The molecule has 6 nitrogen and oxygen atoms in total. The summed E-state index contributed by atoms with van der Waals surface area (Å²) in [5.74, 6) is -1.66. The molecule has 1 aromatic heterocycles. The monoisotopic (exact) mass is 460 g/mol. The van der Waals surface area contributed by atoms with Crippen LogP contribution in [0.2, 0.25) is 5.02 Å². The van der Waals surface area contributed by atoms with E-state index in [9.17, 15) is 18.4 Å².